The van der Waals surface area contributed by atoms with Crippen LogP contribution in [0.4, 0.5) is 25.0 Å². The van der Waals surface area contributed by atoms with E-state index in [9.17, 15) is 18.4 Å². The van der Waals surface area contributed by atoms with Crippen LogP contribution in [0.25, 0.3) is 0 Å². The maximum Gasteiger partial charge on any atom is 0.414 e. The van der Waals surface area contributed by atoms with Gasteiger partial charge in [-0.15, -0.1) is 0 Å². The van der Waals surface area contributed by atoms with Crippen LogP contribution in [-0.2, 0) is 9.53 Å². The van der Waals surface area contributed by atoms with Gasteiger partial charge >= 0.3 is 6.09 Å². The molecule has 3 aliphatic rings. The number of anilines is 2. The summed E-state index contributed by atoms with van der Waals surface area (Å²) in [6.07, 6.45) is 2.16. The van der Waals surface area contributed by atoms with E-state index in [-0.39, 0.29) is 29.7 Å². The molecule has 1 atom stereocenters. The second-order valence-electron chi connectivity index (χ2n) is 7.68. The number of halogens is 2. The number of benzene rings is 1. The number of hydrogen-bond donors (Lipinski definition) is 1. The summed E-state index contributed by atoms with van der Waals surface area (Å²) in [6, 6.07) is 2.41. The molecule has 1 aliphatic carbocycles. The summed E-state index contributed by atoms with van der Waals surface area (Å²) >= 11 is 1.78. The fraction of sp³-hybridized carbons (Fsp3) is 0.600. The van der Waals surface area contributed by atoms with Crippen LogP contribution in [0.2, 0.25) is 0 Å². The van der Waals surface area contributed by atoms with E-state index in [0.29, 0.717) is 26.1 Å². The zero-order valence-electron chi connectivity index (χ0n) is 16.2. The molecule has 6 nitrogen and oxygen atoms in total. The van der Waals surface area contributed by atoms with Gasteiger partial charge in [-0.2, -0.15) is 11.8 Å². The predicted octanol–water partition coefficient (Wildman–Crippen LogP) is 3.15. The maximum atomic E-state index is 14.8. The molecule has 158 valence electrons. The SMILES string of the molecule is O=C(NCC[C@H]1CN(c2cc(F)c(N3CCCSCC3)c(F)c2)C(=O)O1)C1CC1. The Morgan fingerprint density at radius 3 is 2.69 bits per heavy atom. The zero-order chi connectivity index (χ0) is 20.4. The Morgan fingerprint density at radius 1 is 1.21 bits per heavy atom. The molecule has 2 amide bonds. The number of cyclic esters (lactones) is 1. The second-order valence-corrected chi connectivity index (χ2v) is 8.91. The van der Waals surface area contributed by atoms with Gasteiger partial charge in [-0.1, -0.05) is 0 Å². The molecule has 3 fully saturated rings. The summed E-state index contributed by atoms with van der Waals surface area (Å²) in [6.45, 7) is 1.82. The molecule has 0 bridgehead atoms. The van der Waals surface area contributed by atoms with E-state index in [1.807, 2.05) is 0 Å². The van der Waals surface area contributed by atoms with Gasteiger partial charge in [-0.25, -0.2) is 13.6 Å². The zero-order valence-corrected chi connectivity index (χ0v) is 17.0. The van der Waals surface area contributed by atoms with Gasteiger partial charge in [-0.3, -0.25) is 9.69 Å². The molecular weight excluding hydrogens is 400 g/mol. The number of nitrogens with one attached hydrogen (secondary N) is 1. The first-order chi connectivity index (χ1) is 14.0. The third-order valence-electron chi connectivity index (χ3n) is 5.44. The van der Waals surface area contributed by atoms with Crippen LogP contribution < -0.4 is 15.1 Å². The van der Waals surface area contributed by atoms with E-state index in [1.165, 1.54) is 17.0 Å². The standard InChI is InChI=1S/C20H25F2N3O3S/c21-16-10-14(11-17(22)18(16)24-6-1-8-29-9-7-24)25-12-15(28-20(25)27)4-5-23-19(26)13-2-3-13/h10-11,13,15H,1-9,12H2,(H,23,26)/t15-/m0/s1. The van der Waals surface area contributed by atoms with Crippen molar-refractivity contribution >= 4 is 35.1 Å². The number of nitrogens with zero attached hydrogens (tertiary/aromatic N) is 2. The highest BCUT2D eigenvalue weighted by molar-refractivity contribution is 7.99. The maximum absolute atomic E-state index is 14.8. The van der Waals surface area contributed by atoms with Crippen LogP contribution in [0.15, 0.2) is 12.1 Å². The number of ether oxygens (including phenoxy) is 1. The topological polar surface area (TPSA) is 61.9 Å². The van der Waals surface area contributed by atoms with Crippen molar-refractivity contribution in [1.29, 1.82) is 0 Å². The lowest BCUT2D eigenvalue weighted by molar-refractivity contribution is -0.122. The van der Waals surface area contributed by atoms with Gasteiger partial charge in [0.25, 0.3) is 0 Å². The number of thioether (sulfide) groups is 1. The molecule has 0 spiro atoms. The Balaban J connectivity index is 1.39. The van der Waals surface area contributed by atoms with Gasteiger partial charge in [0, 0.05) is 49.9 Å². The minimum absolute atomic E-state index is 0.0249. The van der Waals surface area contributed by atoms with Gasteiger partial charge in [0.15, 0.2) is 11.6 Å². The normalized spacial score (nSPS) is 22.4. The van der Waals surface area contributed by atoms with Crippen molar-refractivity contribution in [3.8, 4) is 0 Å². The first-order valence-corrected chi connectivity index (χ1v) is 11.3. The minimum Gasteiger partial charge on any atom is -0.444 e. The third kappa shape index (κ3) is 4.76. The lowest BCUT2D eigenvalue weighted by atomic mass is 10.2. The quantitative estimate of drug-likeness (QED) is 0.759. The fourth-order valence-corrected chi connectivity index (χ4v) is 4.60. The molecule has 2 aliphatic heterocycles. The first kappa shape index (κ1) is 20.3. The average molecular weight is 426 g/mol. The largest absolute Gasteiger partial charge is 0.444 e. The van der Waals surface area contributed by atoms with Gasteiger partial charge in [0.05, 0.1) is 12.2 Å². The molecule has 0 radical (unpaired) electrons. The molecule has 9 heteroatoms. The molecule has 2 saturated heterocycles. The molecule has 1 aromatic carbocycles. The molecule has 4 rings (SSSR count). The molecule has 29 heavy (non-hydrogen) atoms. The Kier molecular flexibility index (Phi) is 6.12. The highest BCUT2D eigenvalue weighted by Gasteiger charge is 2.34. The summed E-state index contributed by atoms with van der Waals surface area (Å²) in [5.74, 6) is 0.653. The summed E-state index contributed by atoms with van der Waals surface area (Å²) in [7, 11) is 0. The molecular formula is C20H25F2N3O3S. The highest BCUT2D eigenvalue weighted by Crippen LogP contribution is 2.32. The van der Waals surface area contributed by atoms with Crippen LogP contribution in [-0.4, -0.2) is 55.8 Å². The highest BCUT2D eigenvalue weighted by atomic mass is 32.2. The number of amides is 2. The van der Waals surface area contributed by atoms with Crippen molar-refractivity contribution in [2.45, 2.75) is 31.8 Å². The predicted molar refractivity (Wildman–Crippen MR) is 108 cm³/mol. The number of hydrogen-bond acceptors (Lipinski definition) is 5. The van der Waals surface area contributed by atoms with Gasteiger partial charge in [0.2, 0.25) is 5.91 Å². The minimum atomic E-state index is -0.667. The molecule has 0 aromatic heterocycles. The smallest absolute Gasteiger partial charge is 0.414 e. The van der Waals surface area contributed by atoms with Crippen LogP contribution in [0.3, 0.4) is 0 Å². The van der Waals surface area contributed by atoms with E-state index in [1.54, 1.807) is 16.7 Å². The Hall–Kier alpha value is -2.03. The van der Waals surface area contributed by atoms with Crippen LogP contribution in [0.5, 0.6) is 0 Å². The van der Waals surface area contributed by atoms with E-state index in [0.717, 1.165) is 30.8 Å². The molecule has 1 aromatic rings. The molecule has 1 N–H and O–H groups in total. The lowest BCUT2D eigenvalue weighted by Crippen LogP contribution is -2.30. The van der Waals surface area contributed by atoms with Crippen molar-refractivity contribution in [3.05, 3.63) is 23.8 Å². The Morgan fingerprint density at radius 2 is 1.97 bits per heavy atom. The van der Waals surface area contributed by atoms with Crippen molar-refractivity contribution < 1.29 is 23.1 Å². The van der Waals surface area contributed by atoms with Crippen LogP contribution >= 0.6 is 11.8 Å². The van der Waals surface area contributed by atoms with E-state index < -0.39 is 23.8 Å². The van der Waals surface area contributed by atoms with Crippen molar-refractivity contribution in [3.63, 3.8) is 0 Å². The van der Waals surface area contributed by atoms with Crippen LogP contribution in [0.1, 0.15) is 25.7 Å². The second kappa shape index (κ2) is 8.77. The number of carbonyl (C=O) groups is 2. The number of carbonyl (C=O) groups excluding carboxylic acids is 2. The number of rotatable bonds is 6. The molecule has 1 saturated carbocycles. The molecule has 0 unspecified atom stereocenters. The van der Waals surface area contributed by atoms with Gasteiger partial charge < -0.3 is 15.0 Å². The first-order valence-electron chi connectivity index (χ1n) is 10.1. The van der Waals surface area contributed by atoms with E-state index in [2.05, 4.69) is 5.32 Å². The summed E-state index contributed by atoms with van der Waals surface area (Å²) in [5.41, 5.74) is 0.130. The summed E-state index contributed by atoms with van der Waals surface area (Å²) in [5, 5.41) is 2.83. The monoisotopic (exact) mass is 425 g/mol. The average Bonchev–Trinajstić information content (AvgIpc) is 3.49. The van der Waals surface area contributed by atoms with Gasteiger partial charge in [-0.05, 0) is 25.0 Å². The lowest BCUT2D eigenvalue weighted by Gasteiger charge is -2.24. The molecule has 2 heterocycles. The van der Waals surface area contributed by atoms with E-state index in [4.69, 9.17) is 4.74 Å². The fourth-order valence-electron chi connectivity index (χ4n) is 3.71. The Labute approximate surface area is 172 Å². The van der Waals surface area contributed by atoms with Crippen LogP contribution in [0, 0.1) is 17.6 Å². The third-order valence-corrected chi connectivity index (χ3v) is 6.49. The van der Waals surface area contributed by atoms with Crippen molar-refractivity contribution in [2.24, 2.45) is 5.92 Å². The van der Waals surface area contributed by atoms with E-state index >= 15 is 0 Å². The summed E-state index contributed by atoms with van der Waals surface area (Å²) in [4.78, 5) is 26.9. The van der Waals surface area contributed by atoms with Crippen molar-refractivity contribution in [1.82, 2.24) is 5.32 Å². The Bertz CT molecular complexity index is 759. The summed E-state index contributed by atoms with van der Waals surface area (Å²) < 4.78 is 34.8. The van der Waals surface area contributed by atoms with Crippen molar-refractivity contribution in [2.75, 3.05) is 47.5 Å². The van der Waals surface area contributed by atoms with Gasteiger partial charge in [0.1, 0.15) is 11.8 Å².